The van der Waals surface area contributed by atoms with Crippen molar-refractivity contribution in [3.63, 3.8) is 0 Å². The number of nitrogens with zero attached hydrogens (tertiary/aromatic N) is 2. The van der Waals surface area contributed by atoms with Gasteiger partial charge in [0.15, 0.2) is 0 Å². The Morgan fingerprint density at radius 1 is 0.722 bits per heavy atom. The highest BCUT2D eigenvalue weighted by atomic mass is 35.5. The first-order valence-corrected chi connectivity index (χ1v) is 13.0. The van der Waals surface area contributed by atoms with E-state index in [9.17, 15) is 0 Å². The Morgan fingerprint density at radius 3 is 2.14 bits per heavy atom. The monoisotopic (exact) mass is 520 g/mol. The van der Waals surface area contributed by atoms with Crippen LogP contribution in [0, 0.1) is 0 Å². The minimum atomic E-state index is 0. The van der Waals surface area contributed by atoms with Crippen molar-refractivity contribution in [1.82, 2.24) is 9.80 Å². The van der Waals surface area contributed by atoms with Crippen LogP contribution in [0.1, 0.15) is 29.2 Å². The summed E-state index contributed by atoms with van der Waals surface area (Å²) in [6, 6.07) is 34.5. The highest BCUT2D eigenvalue weighted by molar-refractivity contribution is 6.30. The van der Waals surface area contributed by atoms with Crippen molar-refractivity contribution in [3.05, 3.63) is 119 Å². The van der Waals surface area contributed by atoms with Crippen LogP contribution in [0.5, 0.6) is 0 Å². The van der Waals surface area contributed by atoms with E-state index in [0.717, 1.165) is 50.8 Å². The Kier molecular flexibility index (Phi) is 9.80. The maximum absolute atomic E-state index is 6.17. The first kappa shape index (κ1) is 26.7. The van der Waals surface area contributed by atoms with Gasteiger partial charge in [-0.3, -0.25) is 4.90 Å². The highest BCUT2D eigenvalue weighted by Crippen LogP contribution is 2.30. The van der Waals surface area contributed by atoms with Crippen molar-refractivity contribution in [2.24, 2.45) is 0 Å². The molecule has 1 saturated heterocycles. The van der Waals surface area contributed by atoms with Gasteiger partial charge in [0.1, 0.15) is 0 Å². The van der Waals surface area contributed by atoms with Gasteiger partial charge in [-0.1, -0.05) is 90.5 Å². The quantitative estimate of drug-likeness (QED) is 0.216. The summed E-state index contributed by atoms with van der Waals surface area (Å²) >= 11 is 6.17. The maximum atomic E-state index is 6.17. The molecule has 1 aliphatic heterocycles. The van der Waals surface area contributed by atoms with E-state index >= 15 is 0 Å². The molecule has 0 amide bonds. The van der Waals surface area contributed by atoms with Crippen LogP contribution in [-0.2, 0) is 11.3 Å². The molecule has 5 rings (SSSR count). The van der Waals surface area contributed by atoms with Crippen molar-refractivity contribution in [1.29, 1.82) is 0 Å². The molecule has 0 radical (unpaired) electrons. The largest absolute Gasteiger partial charge is 0.377 e. The minimum Gasteiger partial charge on any atom is -0.377 e. The maximum Gasteiger partial charge on any atom is 0.0717 e. The molecule has 3 nitrogen and oxygen atoms in total. The molecule has 4 aromatic carbocycles. The fourth-order valence-electron chi connectivity index (χ4n) is 5.05. The van der Waals surface area contributed by atoms with Gasteiger partial charge in [-0.25, -0.2) is 0 Å². The number of fused-ring (bicyclic) bond motifs is 1. The number of hydrogen-bond acceptors (Lipinski definition) is 3. The molecule has 0 aliphatic carbocycles. The molecule has 0 saturated carbocycles. The van der Waals surface area contributed by atoms with Gasteiger partial charge in [0.05, 0.1) is 12.6 Å². The smallest absolute Gasteiger partial charge is 0.0717 e. The summed E-state index contributed by atoms with van der Waals surface area (Å²) in [5.41, 5.74) is 3.88. The molecular weight excluding hydrogens is 487 g/mol. The summed E-state index contributed by atoms with van der Waals surface area (Å²) in [7, 11) is 0. The fraction of sp³-hybridized carbons (Fsp3) is 0.290. The molecule has 1 heterocycles. The second-order valence-corrected chi connectivity index (χ2v) is 9.77. The lowest BCUT2D eigenvalue weighted by Crippen LogP contribution is -2.48. The van der Waals surface area contributed by atoms with Gasteiger partial charge in [0.25, 0.3) is 0 Å². The SMILES string of the molecule is Cl.Clc1ccc(C(c2ccccc2)N2CCN(CCCOCc3ccc4ccccc4c3)CC2)cc1. The summed E-state index contributed by atoms with van der Waals surface area (Å²) in [4.78, 5) is 5.17. The Morgan fingerprint density at radius 2 is 1.39 bits per heavy atom. The topological polar surface area (TPSA) is 15.7 Å². The third kappa shape index (κ3) is 6.88. The molecule has 36 heavy (non-hydrogen) atoms. The van der Waals surface area contributed by atoms with Crippen LogP contribution in [-0.4, -0.2) is 49.1 Å². The summed E-state index contributed by atoms with van der Waals surface area (Å²) < 4.78 is 6.00. The van der Waals surface area contributed by atoms with Crippen LogP contribution in [0.3, 0.4) is 0 Å². The number of benzene rings is 4. The predicted molar refractivity (Wildman–Crippen MR) is 153 cm³/mol. The van der Waals surface area contributed by atoms with Crippen LogP contribution >= 0.6 is 24.0 Å². The van der Waals surface area contributed by atoms with Gasteiger partial charge in [-0.05, 0) is 52.1 Å². The molecule has 0 N–H and O–H groups in total. The highest BCUT2D eigenvalue weighted by Gasteiger charge is 2.26. The molecule has 0 aromatic heterocycles. The fourth-order valence-corrected chi connectivity index (χ4v) is 5.17. The van der Waals surface area contributed by atoms with E-state index in [2.05, 4.69) is 94.7 Å². The van der Waals surface area contributed by atoms with E-state index in [-0.39, 0.29) is 18.4 Å². The van der Waals surface area contributed by atoms with E-state index < -0.39 is 0 Å². The zero-order valence-electron chi connectivity index (χ0n) is 20.6. The first-order valence-electron chi connectivity index (χ1n) is 12.6. The van der Waals surface area contributed by atoms with Gasteiger partial charge in [0.2, 0.25) is 0 Å². The van der Waals surface area contributed by atoms with E-state index in [4.69, 9.17) is 16.3 Å². The Labute approximate surface area is 226 Å². The van der Waals surface area contributed by atoms with E-state index in [1.54, 1.807) is 0 Å². The molecule has 1 unspecified atom stereocenters. The zero-order chi connectivity index (χ0) is 23.9. The number of hydrogen-bond donors (Lipinski definition) is 0. The zero-order valence-corrected chi connectivity index (χ0v) is 22.1. The van der Waals surface area contributed by atoms with Crippen molar-refractivity contribution >= 4 is 34.8 Å². The third-order valence-electron chi connectivity index (χ3n) is 6.92. The van der Waals surface area contributed by atoms with E-state index in [1.807, 2.05) is 12.1 Å². The van der Waals surface area contributed by atoms with Gasteiger partial charge in [0, 0.05) is 44.4 Å². The average molecular weight is 522 g/mol. The Hall–Kier alpha value is -2.40. The molecule has 1 atom stereocenters. The summed E-state index contributed by atoms with van der Waals surface area (Å²) in [6.07, 6.45) is 1.06. The van der Waals surface area contributed by atoms with Crippen LogP contribution in [0.25, 0.3) is 10.8 Å². The Balaban J connectivity index is 0.00000304. The summed E-state index contributed by atoms with van der Waals surface area (Å²) in [6.45, 7) is 6.84. The van der Waals surface area contributed by atoms with Crippen LogP contribution in [0.2, 0.25) is 5.02 Å². The Bertz CT molecular complexity index is 1210. The molecule has 5 heteroatoms. The van der Waals surface area contributed by atoms with Crippen molar-refractivity contribution in [2.75, 3.05) is 39.3 Å². The molecule has 188 valence electrons. The number of halogens is 2. The summed E-state index contributed by atoms with van der Waals surface area (Å²) in [5.74, 6) is 0. The van der Waals surface area contributed by atoms with Crippen LogP contribution in [0.15, 0.2) is 97.1 Å². The number of rotatable bonds is 9. The molecular formula is C31H34Cl2N2O. The number of piperazine rings is 1. The summed E-state index contributed by atoms with van der Waals surface area (Å²) in [5, 5.41) is 3.34. The average Bonchev–Trinajstić information content (AvgIpc) is 2.91. The lowest BCUT2D eigenvalue weighted by atomic mass is 9.96. The normalized spacial score (nSPS) is 15.5. The van der Waals surface area contributed by atoms with Gasteiger partial charge >= 0.3 is 0 Å². The van der Waals surface area contributed by atoms with Crippen molar-refractivity contribution in [3.8, 4) is 0 Å². The molecule has 1 aliphatic rings. The standard InChI is InChI=1S/C31H33ClN2O.ClH/c32-30-15-13-28(14-16-30)31(27-8-2-1-3-9-27)34-20-18-33(19-21-34)17-6-22-35-24-25-11-12-26-7-4-5-10-29(26)23-25;/h1-5,7-16,23,31H,6,17-22,24H2;1H. The van der Waals surface area contributed by atoms with E-state index in [0.29, 0.717) is 6.61 Å². The van der Waals surface area contributed by atoms with Crippen molar-refractivity contribution < 1.29 is 4.74 Å². The first-order chi connectivity index (χ1) is 17.3. The molecule has 0 bridgehead atoms. The van der Waals surface area contributed by atoms with Crippen LogP contribution < -0.4 is 0 Å². The second kappa shape index (κ2) is 13.2. The predicted octanol–water partition coefficient (Wildman–Crippen LogP) is 7.23. The number of ether oxygens (including phenoxy) is 1. The van der Waals surface area contributed by atoms with Gasteiger partial charge < -0.3 is 9.64 Å². The van der Waals surface area contributed by atoms with Gasteiger partial charge in [-0.15, -0.1) is 12.4 Å². The van der Waals surface area contributed by atoms with E-state index in [1.165, 1.54) is 27.5 Å². The molecule has 0 spiro atoms. The van der Waals surface area contributed by atoms with Crippen molar-refractivity contribution in [2.45, 2.75) is 19.1 Å². The molecule has 1 fully saturated rings. The third-order valence-corrected chi connectivity index (χ3v) is 7.17. The van der Waals surface area contributed by atoms with Gasteiger partial charge in [-0.2, -0.15) is 0 Å². The lowest BCUT2D eigenvalue weighted by molar-refractivity contribution is 0.0833. The lowest BCUT2D eigenvalue weighted by Gasteiger charge is -2.39. The second-order valence-electron chi connectivity index (χ2n) is 9.33. The minimum absolute atomic E-state index is 0. The molecule has 4 aromatic rings. The van der Waals surface area contributed by atoms with Crippen LogP contribution in [0.4, 0.5) is 0 Å².